The summed E-state index contributed by atoms with van der Waals surface area (Å²) in [5, 5.41) is 2.99. The molecule has 2 heterocycles. The molecule has 0 saturated heterocycles. The maximum atomic E-state index is 13.4. The van der Waals surface area contributed by atoms with Crippen molar-refractivity contribution < 1.29 is 14.0 Å². The van der Waals surface area contributed by atoms with Crippen LogP contribution in [0.2, 0.25) is 0 Å². The number of oxazole rings is 1. The van der Waals surface area contributed by atoms with Crippen LogP contribution in [0, 0.1) is 0 Å². The number of nitrogens with one attached hydrogen (secondary N) is 1. The average molecular weight is 457 g/mol. The van der Waals surface area contributed by atoms with Crippen LogP contribution in [0.15, 0.2) is 89.9 Å². The molecule has 7 nitrogen and oxygen atoms in total. The van der Waals surface area contributed by atoms with Crippen molar-refractivity contribution in [2.24, 2.45) is 7.05 Å². The molecule has 0 radical (unpaired) electrons. The van der Waals surface area contributed by atoms with Crippen molar-refractivity contribution >= 4 is 11.8 Å². The lowest BCUT2D eigenvalue weighted by molar-refractivity contribution is 0.0723. The van der Waals surface area contributed by atoms with E-state index < -0.39 is 0 Å². The van der Waals surface area contributed by atoms with Crippen molar-refractivity contribution in [2.45, 2.75) is 18.9 Å². The van der Waals surface area contributed by atoms with E-state index in [0.29, 0.717) is 36.4 Å². The predicted octanol–water partition coefficient (Wildman–Crippen LogP) is 4.18. The normalized spacial score (nSPS) is 11.7. The molecule has 2 aromatic heterocycles. The molecule has 34 heavy (non-hydrogen) atoms. The van der Waals surface area contributed by atoms with Gasteiger partial charge in [0.1, 0.15) is 5.69 Å². The third-order valence-corrected chi connectivity index (χ3v) is 5.95. The Balaban J connectivity index is 1.48. The highest BCUT2D eigenvalue weighted by molar-refractivity contribution is 5.95. The van der Waals surface area contributed by atoms with Crippen LogP contribution in [0.25, 0.3) is 11.3 Å². The first-order valence-electron chi connectivity index (χ1n) is 11.2. The standard InChI is InChI=1S/C27H28N4O3/c1-30-15-7-12-24(30)26(32)29-14-13-23(16-20-8-4-3-5-9-20)31(2)27(33)22-11-6-10-21(17-22)25-18-28-19-34-25/h3-12,15,17-19,23H,13-14,16H2,1-2H3,(H,29,32). The van der Waals surface area contributed by atoms with Gasteiger partial charge in [0.25, 0.3) is 11.8 Å². The van der Waals surface area contributed by atoms with Crippen LogP contribution < -0.4 is 5.32 Å². The summed E-state index contributed by atoms with van der Waals surface area (Å²) in [5.41, 5.74) is 3.11. The van der Waals surface area contributed by atoms with Crippen molar-refractivity contribution in [3.63, 3.8) is 0 Å². The maximum Gasteiger partial charge on any atom is 0.267 e. The fraction of sp³-hybridized carbons (Fsp3) is 0.222. The summed E-state index contributed by atoms with van der Waals surface area (Å²) in [6.45, 7) is 0.456. The van der Waals surface area contributed by atoms with E-state index in [1.807, 2.05) is 62.8 Å². The quantitative estimate of drug-likeness (QED) is 0.410. The summed E-state index contributed by atoms with van der Waals surface area (Å²) < 4.78 is 7.16. The van der Waals surface area contributed by atoms with Gasteiger partial charge in [-0.1, -0.05) is 42.5 Å². The third kappa shape index (κ3) is 5.43. The molecule has 2 amide bonds. The Kier molecular flexibility index (Phi) is 7.22. The first-order chi connectivity index (χ1) is 16.5. The van der Waals surface area contributed by atoms with Crippen LogP contribution in [0.4, 0.5) is 0 Å². The number of aryl methyl sites for hydroxylation is 1. The third-order valence-electron chi connectivity index (χ3n) is 5.95. The van der Waals surface area contributed by atoms with Crippen molar-refractivity contribution in [1.82, 2.24) is 19.8 Å². The van der Waals surface area contributed by atoms with E-state index in [-0.39, 0.29) is 17.9 Å². The van der Waals surface area contributed by atoms with E-state index in [0.717, 1.165) is 11.1 Å². The smallest absolute Gasteiger partial charge is 0.267 e. The molecule has 0 spiro atoms. The van der Waals surface area contributed by atoms with Crippen molar-refractivity contribution in [3.8, 4) is 11.3 Å². The number of aromatic nitrogens is 2. The van der Waals surface area contributed by atoms with E-state index in [1.165, 1.54) is 6.39 Å². The minimum absolute atomic E-state index is 0.0870. The Bertz CT molecular complexity index is 1230. The highest BCUT2D eigenvalue weighted by atomic mass is 16.3. The Morgan fingerprint density at radius 3 is 2.62 bits per heavy atom. The largest absolute Gasteiger partial charge is 0.444 e. The number of carbonyl (C=O) groups excluding carboxylic acids is 2. The van der Waals surface area contributed by atoms with Gasteiger partial charge in [0.15, 0.2) is 12.2 Å². The van der Waals surface area contributed by atoms with Gasteiger partial charge in [0.05, 0.1) is 6.20 Å². The zero-order valence-corrected chi connectivity index (χ0v) is 19.3. The van der Waals surface area contributed by atoms with Crippen LogP contribution in [-0.4, -0.2) is 45.9 Å². The molecule has 0 fully saturated rings. The van der Waals surface area contributed by atoms with Crippen molar-refractivity contribution in [2.75, 3.05) is 13.6 Å². The number of hydrogen-bond acceptors (Lipinski definition) is 4. The lowest BCUT2D eigenvalue weighted by atomic mass is 10.0. The number of benzene rings is 2. The summed E-state index contributed by atoms with van der Waals surface area (Å²) in [6, 6.07) is 20.9. The Morgan fingerprint density at radius 2 is 1.91 bits per heavy atom. The second kappa shape index (κ2) is 10.7. The van der Waals surface area contributed by atoms with Gasteiger partial charge in [-0.15, -0.1) is 0 Å². The molecule has 4 aromatic rings. The summed E-state index contributed by atoms with van der Waals surface area (Å²) in [4.78, 5) is 31.7. The van der Waals surface area contributed by atoms with E-state index >= 15 is 0 Å². The zero-order valence-electron chi connectivity index (χ0n) is 19.3. The SMILES string of the molecule is CN(C(=O)c1cccc(-c2cnco2)c1)C(CCNC(=O)c1cccn1C)Cc1ccccc1. The van der Waals surface area contributed by atoms with Crippen molar-refractivity contribution in [3.05, 3.63) is 102 Å². The van der Waals surface area contributed by atoms with E-state index in [2.05, 4.69) is 22.4 Å². The first kappa shape index (κ1) is 23.0. The second-order valence-electron chi connectivity index (χ2n) is 8.25. The van der Waals surface area contributed by atoms with Gasteiger partial charge in [0, 0.05) is 44.0 Å². The summed E-state index contributed by atoms with van der Waals surface area (Å²) in [6.07, 6.45) is 6.14. The maximum absolute atomic E-state index is 13.4. The van der Waals surface area contributed by atoms with Crippen LogP contribution in [0.5, 0.6) is 0 Å². The topological polar surface area (TPSA) is 80.4 Å². The fourth-order valence-corrected chi connectivity index (χ4v) is 3.99. The average Bonchev–Trinajstić information content (AvgIpc) is 3.55. The molecular formula is C27H28N4O3. The minimum atomic E-state index is -0.125. The highest BCUT2D eigenvalue weighted by Crippen LogP contribution is 2.21. The molecule has 7 heteroatoms. The molecule has 1 atom stereocenters. The fourth-order valence-electron chi connectivity index (χ4n) is 3.99. The lowest BCUT2D eigenvalue weighted by Gasteiger charge is -2.29. The van der Waals surface area contributed by atoms with Crippen LogP contribution in [-0.2, 0) is 13.5 Å². The van der Waals surface area contributed by atoms with Crippen LogP contribution >= 0.6 is 0 Å². The van der Waals surface area contributed by atoms with E-state index in [9.17, 15) is 9.59 Å². The van der Waals surface area contributed by atoms with Gasteiger partial charge in [-0.3, -0.25) is 9.59 Å². The first-order valence-corrected chi connectivity index (χ1v) is 11.2. The van der Waals surface area contributed by atoms with Crippen LogP contribution in [0.3, 0.4) is 0 Å². The number of nitrogens with zero attached hydrogens (tertiary/aromatic N) is 3. The molecule has 0 aliphatic heterocycles. The monoisotopic (exact) mass is 456 g/mol. The second-order valence-corrected chi connectivity index (χ2v) is 8.25. The summed E-state index contributed by atoms with van der Waals surface area (Å²) in [7, 11) is 3.66. The number of likely N-dealkylation sites (N-methyl/N-ethyl adjacent to an activating group) is 1. The van der Waals surface area contributed by atoms with Gasteiger partial charge in [0.2, 0.25) is 0 Å². The van der Waals surface area contributed by atoms with Gasteiger partial charge in [-0.05, 0) is 42.7 Å². The van der Waals surface area contributed by atoms with Gasteiger partial charge in [-0.25, -0.2) is 4.98 Å². The molecule has 2 aromatic carbocycles. The number of hydrogen-bond donors (Lipinski definition) is 1. The zero-order chi connectivity index (χ0) is 23.9. The molecule has 0 bridgehead atoms. The molecule has 0 aliphatic carbocycles. The Morgan fingerprint density at radius 1 is 1.09 bits per heavy atom. The highest BCUT2D eigenvalue weighted by Gasteiger charge is 2.22. The summed E-state index contributed by atoms with van der Waals surface area (Å²) in [5.74, 6) is 0.400. The van der Waals surface area contributed by atoms with Crippen LogP contribution in [0.1, 0.15) is 32.8 Å². The molecule has 4 rings (SSSR count). The van der Waals surface area contributed by atoms with Gasteiger partial charge < -0.3 is 19.2 Å². The summed E-state index contributed by atoms with van der Waals surface area (Å²) >= 11 is 0. The predicted molar refractivity (Wildman–Crippen MR) is 130 cm³/mol. The molecule has 174 valence electrons. The molecule has 1 unspecified atom stereocenters. The van der Waals surface area contributed by atoms with Gasteiger partial charge in [-0.2, -0.15) is 0 Å². The Labute approximate surface area is 199 Å². The number of amides is 2. The Hall–Kier alpha value is -4.13. The van der Waals surface area contributed by atoms with Gasteiger partial charge >= 0.3 is 0 Å². The number of carbonyl (C=O) groups is 2. The van der Waals surface area contributed by atoms with Crippen molar-refractivity contribution in [1.29, 1.82) is 0 Å². The molecular weight excluding hydrogens is 428 g/mol. The lowest BCUT2D eigenvalue weighted by Crippen LogP contribution is -2.41. The van der Waals surface area contributed by atoms with E-state index in [1.54, 1.807) is 27.8 Å². The minimum Gasteiger partial charge on any atom is -0.444 e. The molecule has 1 N–H and O–H groups in total. The molecule has 0 aliphatic rings. The van der Waals surface area contributed by atoms with E-state index in [4.69, 9.17) is 4.42 Å². The molecule has 0 saturated carbocycles. The number of rotatable bonds is 9.